The number of halogens is 2. The lowest BCUT2D eigenvalue weighted by Gasteiger charge is -2.08. The van der Waals surface area contributed by atoms with Gasteiger partial charge in [0.15, 0.2) is 0 Å². The standard InChI is InChI=1S/C14H15BrIN3S/c1-2-4-11-13(16)14(17)19-12(18-11)8-20-10-6-3-5-9(15)7-10/h3,5-7H,2,4,8H2,1H3,(H2,17,18,19). The van der Waals surface area contributed by atoms with Crippen LogP contribution in [0, 0.1) is 3.57 Å². The lowest BCUT2D eigenvalue weighted by atomic mass is 10.2. The Morgan fingerprint density at radius 2 is 2.15 bits per heavy atom. The molecular weight excluding hydrogens is 449 g/mol. The van der Waals surface area contributed by atoms with Gasteiger partial charge in [-0.2, -0.15) is 0 Å². The Bertz CT molecular complexity index is 607. The van der Waals surface area contributed by atoms with E-state index in [1.807, 2.05) is 12.1 Å². The average molecular weight is 464 g/mol. The molecule has 2 N–H and O–H groups in total. The van der Waals surface area contributed by atoms with Crippen molar-refractivity contribution in [3.63, 3.8) is 0 Å². The van der Waals surface area contributed by atoms with Crippen LogP contribution in [0.2, 0.25) is 0 Å². The van der Waals surface area contributed by atoms with Gasteiger partial charge in [-0.15, -0.1) is 11.8 Å². The molecule has 1 aromatic heterocycles. The molecule has 0 saturated heterocycles. The van der Waals surface area contributed by atoms with Crippen molar-refractivity contribution in [2.24, 2.45) is 0 Å². The third kappa shape index (κ3) is 4.33. The maximum absolute atomic E-state index is 5.97. The number of aromatic nitrogens is 2. The fourth-order valence-corrected chi connectivity index (χ4v) is 3.61. The quantitative estimate of drug-likeness (QED) is 0.517. The first-order valence-corrected chi connectivity index (χ1v) is 9.15. The van der Waals surface area contributed by atoms with Gasteiger partial charge in [0.2, 0.25) is 0 Å². The highest BCUT2D eigenvalue weighted by Crippen LogP contribution is 2.26. The van der Waals surface area contributed by atoms with E-state index in [9.17, 15) is 0 Å². The molecular formula is C14H15BrIN3S. The highest BCUT2D eigenvalue weighted by molar-refractivity contribution is 14.1. The molecule has 3 nitrogen and oxygen atoms in total. The normalized spacial score (nSPS) is 10.8. The van der Waals surface area contributed by atoms with Gasteiger partial charge in [0.25, 0.3) is 0 Å². The van der Waals surface area contributed by atoms with E-state index in [1.165, 1.54) is 4.90 Å². The molecule has 0 aliphatic heterocycles. The third-order valence-corrected chi connectivity index (χ3v) is 5.30. The fourth-order valence-electron chi connectivity index (χ4n) is 1.74. The number of hydrogen-bond acceptors (Lipinski definition) is 4. The van der Waals surface area contributed by atoms with Crippen molar-refractivity contribution in [3.8, 4) is 0 Å². The zero-order valence-electron chi connectivity index (χ0n) is 11.1. The van der Waals surface area contributed by atoms with Crippen LogP contribution < -0.4 is 5.73 Å². The van der Waals surface area contributed by atoms with Crippen molar-refractivity contribution in [1.29, 1.82) is 0 Å². The van der Waals surface area contributed by atoms with Gasteiger partial charge in [0, 0.05) is 9.37 Å². The maximum Gasteiger partial charge on any atom is 0.141 e. The second-order valence-corrected chi connectivity index (χ2v) is 7.32. The van der Waals surface area contributed by atoms with Gasteiger partial charge in [-0.05, 0) is 47.2 Å². The maximum atomic E-state index is 5.97. The van der Waals surface area contributed by atoms with Crippen molar-refractivity contribution < 1.29 is 0 Å². The molecule has 0 fully saturated rings. The number of thioether (sulfide) groups is 1. The van der Waals surface area contributed by atoms with Gasteiger partial charge in [0.1, 0.15) is 11.6 Å². The summed E-state index contributed by atoms with van der Waals surface area (Å²) in [6.45, 7) is 2.14. The molecule has 20 heavy (non-hydrogen) atoms. The Morgan fingerprint density at radius 3 is 2.85 bits per heavy atom. The van der Waals surface area contributed by atoms with Gasteiger partial charge in [-0.25, -0.2) is 9.97 Å². The Morgan fingerprint density at radius 1 is 1.35 bits per heavy atom. The minimum absolute atomic E-state index is 0.592. The molecule has 0 saturated carbocycles. The van der Waals surface area contributed by atoms with Crippen LogP contribution in [-0.2, 0) is 12.2 Å². The smallest absolute Gasteiger partial charge is 0.141 e. The molecule has 0 atom stereocenters. The first-order chi connectivity index (χ1) is 9.60. The lowest BCUT2D eigenvalue weighted by Crippen LogP contribution is -2.06. The van der Waals surface area contributed by atoms with E-state index in [2.05, 4.69) is 67.5 Å². The van der Waals surface area contributed by atoms with Crippen LogP contribution in [0.3, 0.4) is 0 Å². The van der Waals surface area contributed by atoms with Crippen LogP contribution in [0.5, 0.6) is 0 Å². The molecule has 1 aromatic carbocycles. The molecule has 0 amide bonds. The first kappa shape index (κ1) is 16.0. The predicted molar refractivity (Wildman–Crippen MR) is 96.9 cm³/mol. The first-order valence-electron chi connectivity index (χ1n) is 6.29. The van der Waals surface area contributed by atoms with E-state index in [4.69, 9.17) is 5.73 Å². The van der Waals surface area contributed by atoms with Crippen LogP contribution in [0.25, 0.3) is 0 Å². The molecule has 0 aliphatic carbocycles. The molecule has 106 valence electrons. The molecule has 0 spiro atoms. The predicted octanol–water partition coefficient (Wildman–Crippen LogP) is 4.67. The van der Waals surface area contributed by atoms with Crippen molar-refractivity contribution in [1.82, 2.24) is 9.97 Å². The Kier molecular flexibility index (Phi) is 6.10. The van der Waals surface area contributed by atoms with Gasteiger partial charge in [0.05, 0.1) is 15.0 Å². The zero-order valence-corrected chi connectivity index (χ0v) is 15.6. The van der Waals surface area contributed by atoms with Crippen LogP contribution in [0.15, 0.2) is 33.6 Å². The van der Waals surface area contributed by atoms with E-state index in [0.29, 0.717) is 5.82 Å². The number of nitrogens with two attached hydrogens (primary N) is 1. The summed E-state index contributed by atoms with van der Waals surface area (Å²) in [5, 5.41) is 0. The van der Waals surface area contributed by atoms with Gasteiger partial charge < -0.3 is 5.73 Å². The topological polar surface area (TPSA) is 51.8 Å². The summed E-state index contributed by atoms with van der Waals surface area (Å²) < 4.78 is 2.07. The van der Waals surface area contributed by atoms with Crippen LogP contribution in [0.1, 0.15) is 24.9 Å². The minimum atomic E-state index is 0.592. The molecule has 1 heterocycles. The summed E-state index contributed by atoms with van der Waals surface area (Å²) in [6, 6.07) is 8.22. The second-order valence-electron chi connectivity index (χ2n) is 4.28. The van der Waals surface area contributed by atoms with Crippen molar-refractivity contribution in [3.05, 3.63) is 43.8 Å². The van der Waals surface area contributed by atoms with E-state index in [1.54, 1.807) is 11.8 Å². The molecule has 2 aromatic rings. The molecule has 0 bridgehead atoms. The summed E-state index contributed by atoms with van der Waals surface area (Å²) in [5.74, 6) is 2.12. The van der Waals surface area contributed by atoms with E-state index in [-0.39, 0.29) is 0 Å². The van der Waals surface area contributed by atoms with Gasteiger partial charge >= 0.3 is 0 Å². The summed E-state index contributed by atoms with van der Waals surface area (Å²) in [4.78, 5) is 10.2. The highest BCUT2D eigenvalue weighted by Gasteiger charge is 2.09. The number of aryl methyl sites for hydroxylation is 1. The third-order valence-electron chi connectivity index (χ3n) is 2.64. The molecule has 2 rings (SSSR count). The fraction of sp³-hybridized carbons (Fsp3) is 0.286. The summed E-state index contributed by atoms with van der Waals surface area (Å²) in [7, 11) is 0. The SMILES string of the molecule is CCCc1nc(CSc2cccc(Br)c2)nc(N)c1I. The zero-order chi connectivity index (χ0) is 14.5. The number of nitrogens with zero attached hydrogens (tertiary/aromatic N) is 2. The minimum Gasteiger partial charge on any atom is -0.383 e. The molecule has 0 aliphatic rings. The molecule has 0 unspecified atom stereocenters. The Labute approximate surface area is 145 Å². The summed E-state index contributed by atoms with van der Waals surface area (Å²) >= 11 is 7.42. The lowest BCUT2D eigenvalue weighted by molar-refractivity contribution is 0.848. The van der Waals surface area contributed by atoms with E-state index < -0.39 is 0 Å². The van der Waals surface area contributed by atoms with E-state index in [0.717, 1.165) is 38.2 Å². The number of nitrogen functional groups attached to an aromatic ring is 1. The second kappa shape index (κ2) is 7.61. The summed E-state index contributed by atoms with van der Waals surface area (Å²) in [6.07, 6.45) is 2.00. The monoisotopic (exact) mass is 463 g/mol. The van der Waals surface area contributed by atoms with Crippen molar-refractivity contribution >= 4 is 56.1 Å². The number of rotatable bonds is 5. The number of hydrogen-bond donors (Lipinski definition) is 1. The van der Waals surface area contributed by atoms with Crippen molar-refractivity contribution in [2.45, 2.75) is 30.4 Å². The Hall–Kier alpha value is -0.340. The van der Waals surface area contributed by atoms with E-state index >= 15 is 0 Å². The molecule has 6 heteroatoms. The van der Waals surface area contributed by atoms with Gasteiger partial charge in [-0.1, -0.05) is 35.3 Å². The molecule has 0 radical (unpaired) electrons. The number of benzene rings is 1. The van der Waals surface area contributed by atoms with Crippen LogP contribution in [-0.4, -0.2) is 9.97 Å². The number of anilines is 1. The van der Waals surface area contributed by atoms with Crippen LogP contribution >= 0.6 is 50.3 Å². The highest BCUT2D eigenvalue weighted by atomic mass is 127. The largest absolute Gasteiger partial charge is 0.383 e. The summed E-state index contributed by atoms with van der Waals surface area (Å²) in [5.41, 5.74) is 7.03. The average Bonchev–Trinajstić information content (AvgIpc) is 2.42. The van der Waals surface area contributed by atoms with Crippen molar-refractivity contribution in [2.75, 3.05) is 5.73 Å². The van der Waals surface area contributed by atoms with Gasteiger partial charge in [-0.3, -0.25) is 0 Å². The Balaban J connectivity index is 2.13. The van der Waals surface area contributed by atoms with Crippen LogP contribution in [0.4, 0.5) is 5.82 Å².